The van der Waals surface area contributed by atoms with Crippen molar-refractivity contribution in [3.05, 3.63) is 36.0 Å². The van der Waals surface area contributed by atoms with E-state index >= 15 is 0 Å². The maximum atomic E-state index is 12.3. The molecule has 0 unspecified atom stereocenters. The van der Waals surface area contributed by atoms with Crippen molar-refractivity contribution in [1.29, 1.82) is 0 Å². The molecule has 5 heteroatoms. The second kappa shape index (κ2) is 5.65. The highest BCUT2D eigenvalue weighted by molar-refractivity contribution is 5.97. The molecule has 1 heterocycles. The van der Waals surface area contributed by atoms with Crippen LogP contribution in [0.3, 0.4) is 0 Å². The number of ether oxygens (including phenoxy) is 1. The summed E-state index contributed by atoms with van der Waals surface area (Å²) in [4.78, 5) is 15.4. The van der Waals surface area contributed by atoms with Crippen LogP contribution in [0.25, 0.3) is 10.9 Å². The summed E-state index contributed by atoms with van der Waals surface area (Å²) in [7, 11) is 0. The van der Waals surface area contributed by atoms with Gasteiger partial charge in [-0.1, -0.05) is 19.9 Å². The van der Waals surface area contributed by atoms with Gasteiger partial charge in [-0.25, -0.2) is 0 Å². The van der Waals surface area contributed by atoms with Gasteiger partial charge >= 0.3 is 0 Å². The molecule has 124 valence electrons. The fourth-order valence-corrected chi connectivity index (χ4v) is 3.28. The lowest BCUT2D eigenvalue weighted by Crippen LogP contribution is -2.68. The molecular formula is C18H24N2O3. The number of aromatic nitrogens is 1. The van der Waals surface area contributed by atoms with Crippen LogP contribution in [0, 0.1) is 5.41 Å². The summed E-state index contributed by atoms with van der Waals surface area (Å²) in [6.07, 6.45) is 2.42. The van der Waals surface area contributed by atoms with Gasteiger partial charge < -0.3 is 20.1 Å². The highest BCUT2D eigenvalue weighted by Gasteiger charge is 2.59. The van der Waals surface area contributed by atoms with E-state index in [4.69, 9.17) is 4.74 Å². The second-order valence-corrected chi connectivity index (χ2v) is 6.86. The Morgan fingerprint density at radius 2 is 2.22 bits per heavy atom. The Morgan fingerprint density at radius 3 is 2.91 bits per heavy atom. The van der Waals surface area contributed by atoms with Gasteiger partial charge in [0.25, 0.3) is 5.91 Å². The molecule has 0 saturated heterocycles. The molecule has 1 aliphatic carbocycles. The minimum absolute atomic E-state index is 0.0321. The SMILES string of the molecule is CCO[C@@H]1C[C@@](O)(CNC(=O)c2ccc3cc[nH]c3c2)C1(C)C. The molecule has 0 bridgehead atoms. The van der Waals surface area contributed by atoms with E-state index in [0.29, 0.717) is 18.6 Å². The number of aliphatic hydroxyl groups is 1. The van der Waals surface area contributed by atoms with E-state index in [-0.39, 0.29) is 24.0 Å². The summed E-state index contributed by atoms with van der Waals surface area (Å²) in [5.74, 6) is -0.175. The lowest BCUT2D eigenvalue weighted by molar-refractivity contribution is -0.237. The van der Waals surface area contributed by atoms with Crippen molar-refractivity contribution in [3.63, 3.8) is 0 Å². The Balaban J connectivity index is 1.65. The van der Waals surface area contributed by atoms with Crippen LogP contribution >= 0.6 is 0 Å². The summed E-state index contributed by atoms with van der Waals surface area (Å²) in [5, 5.41) is 14.7. The average molecular weight is 316 g/mol. The third kappa shape index (κ3) is 2.64. The van der Waals surface area contributed by atoms with E-state index in [2.05, 4.69) is 10.3 Å². The predicted molar refractivity (Wildman–Crippen MR) is 89.4 cm³/mol. The van der Waals surface area contributed by atoms with Crippen LogP contribution in [-0.4, -0.2) is 40.9 Å². The molecule has 1 aromatic carbocycles. The van der Waals surface area contributed by atoms with Crippen LogP contribution in [0.1, 0.15) is 37.6 Å². The Bertz CT molecular complexity index is 722. The van der Waals surface area contributed by atoms with Gasteiger partial charge in [-0.15, -0.1) is 0 Å². The molecule has 1 amide bonds. The zero-order chi connectivity index (χ0) is 16.7. The van der Waals surface area contributed by atoms with Crippen LogP contribution < -0.4 is 5.32 Å². The first-order valence-electron chi connectivity index (χ1n) is 8.07. The topological polar surface area (TPSA) is 74.3 Å². The summed E-state index contributed by atoms with van der Waals surface area (Å²) in [5.41, 5.74) is 0.206. The molecule has 1 aromatic heterocycles. The minimum atomic E-state index is -0.932. The lowest BCUT2D eigenvalue weighted by Gasteiger charge is -2.57. The molecule has 0 radical (unpaired) electrons. The number of carbonyl (C=O) groups is 1. The molecule has 0 aliphatic heterocycles. The fourth-order valence-electron chi connectivity index (χ4n) is 3.28. The largest absolute Gasteiger partial charge is 0.387 e. The number of H-pyrrole nitrogens is 1. The van der Waals surface area contributed by atoms with Crippen LogP contribution in [-0.2, 0) is 4.74 Å². The second-order valence-electron chi connectivity index (χ2n) is 6.86. The summed E-state index contributed by atoms with van der Waals surface area (Å²) >= 11 is 0. The highest BCUT2D eigenvalue weighted by atomic mass is 16.5. The number of fused-ring (bicyclic) bond motifs is 1. The van der Waals surface area contributed by atoms with Gasteiger partial charge in [0.05, 0.1) is 11.7 Å². The Hall–Kier alpha value is -1.85. The first-order valence-corrected chi connectivity index (χ1v) is 8.07. The predicted octanol–water partition coefficient (Wildman–Crippen LogP) is 2.46. The summed E-state index contributed by atoms with van der Waals surface area (Å²) < 4.78 is 5.64. The Labute approximate surface area is 136 Å². The number of carbonyl (C=O) groups excluding carboxylic acids is 1. The molecule has 1 aliphatic rings. The third-order valence-corrected chi connectivity index (χ3v) is 5.25. The summed E-state index contributed by atoms with van der Waals surface area (Å²) in [6, 6.07) is 7.49. The molecule has 3 rings (SSSR count). The normalized spacial score (nSPS) is 26.0. The van der Waals surface area contributed by atoms with Gasteiger partial charge in [0.2, 0.25) is 0 Å². The number of nitrogens with one attached hydrogen (secondary N) is 2. The van der Waals surface area contributed by atoms with Crippen molar-refractivity contribution < 1.29 is 14.6 Å². The highest BCUT2D eigenvalue weighted by Crippen LogP contribution is 2.50. The van der Waals surface area contributed by atoms with Crippen molar-refractivity contribution in [3.8, 4) is 0 Å². The van der Waals surface area contributed by atoms with Crippen LogP contribution in [0.15, 0.2) is 30.5 Å². The Morgan fingerprint density at radius 1 is 1.43 bits per heavy atom. The van der Waals surface area contributed by atoms with Gasteiger partial charge in [0.15, 0.2) is 0 Å². The van der Waals surface area contributed by atoms with Gasteiger partial charge in [-0.2, -0.15) is 0 Å². The van der Waals surface area contributed by atoms with E-state index in [1.165, 1.54) is 0 Å². The van der Waals surface area contributed by atoms with Crippen molar-refractivity contribution in [2.45, 2.75) is 38.9 Å². The number of hydrogen-bond donors (Lipinski definition) is 3. The van der Waals surface area contributed by atoms with Crippen LogP contribution in [0.2, 0.25) is 0 Å². The molecule has 2 aromatic rings. The average Bonchev–Trinajstić information content (AvgIpc) is 2.99. The van der Waals surface area contributed by atoms with Crippen LogP contribution in [0.5, 0.6) is 0 Å². The fraction of sp³-hybridized carbons (Fsp3) is 0.500. The lowest BCUT2D eigenvalue weighted by atomic mass is 9.56. The van der Waals surface area contributed by atoms with Crippen LogP contribution in [0.4, 0.5) is 0 Å². The van der Waals surface area contributed by atoms with Crippen molar-refractivity contribution in [2.24, 2.45) is 5.41 Å². The zero-order valence-electron chi connectivity index (χ0n) is 13.8. The molecule has 0 spiro atoms. The number of rotatable bonds is 5. The molecule has 23 heavy (non-hydrogen) atoms. The molecular weight excluding hydrogens is 292 g/mol. The van der Waals surface area contributed by atoms with Gasteiger partial charge in [0.1, 0.15) is 0 Å². The Kier molecular flexibility index (Phi) is 3.94. The van der Waals surface area contributed by atoms with Crippen molar-refractivity contribution >= 4 is 16.8 Å². The van der Waals surface area contributed by atoms with E-state index < -0.39 is 5.60 Å². The standard InChI is InChI=1S/C18H24N2O3/c1-4-23-15-10-18(22,17(15,2)3)11-20-16(21)13-6-5-12-7-8-19-14(12)9-13/h5-9,15,19,22H,4,10-11H2,1-3H3,(H,20,21)/t15-,18-/m1/s1. The quantitative estimate of drug-likeness (QED) is 0.793. The maximum absolute atomic E-state index is 12.3. The molecule has 1 fully saturated rings. The number of aromatic amines is 1. The molecule has 2 atom stereocenters. The van der Waals surface area contributed by atoms with E-state index in [1.54, 1.807) is 6.07 Å². The maximum Gasteiger partial charge on any atom is 0.251 e. The summed E-state index contributed by atoms with van der Waals surface area (Å²) in [6.45, 7) is 6.77. The first kappa shape index (κ1) is 16.0. The number of amides is 1. The van der Waals surface area contributed by atoms with Crippen molar-refractivity contribution in [2.75, 3.05) is 13.2 Å². The van der Waals surface area contributed by atoms with Gasteiger partial charge in [-0.05, 0) is 30.5 Å². The number of hydrogen-bond acceptors (Lipinski definition) is 3. The van der Waals surface area contributed by atoms with E-state index in [1.807, 2.05) is 45.2 Å². The van der Waals surface area contributed by atoms with Gasteiger partial charge in [-0.3, -0.25) is 4.79 Å². The monoisotopic (exact) mass is 316 g/mol. The zero-order valence-corrected chi connectivity index (χ0v) is 13.8. The first-order chi connectivity index (χ1) is 10.9. The molecule has 5 nitrogen and oxygen atoms in total. The van der Waals surface area contributed by atoms with E-state index in [0.717, 1.165) is 10.9 Å². The molecule has 1 saturated carbocycles. The molecule has 3 N–H and O–H groups in total. The van der Waals surface area contributed by atoms with Crippen molar-refractivity contribution in [1.82, 2.24) is 10.3 Å². The smallest absolute Gasteiger partial charge is 0.251 e. The van der Waals surface area contributed by atoms with Gasteiger partial charge in [0, 0.05) is 42.3 Å². The third-order valence-electron chi connectivity index (χ3n) is 5.25. The minimum Gasteiger partial charge on any atom is -0.387 e. The number of benzene rings is 1. The van der Waals surface area contributed by atoms with E-state index in [9.17, 15) is 9.90 Å².